The van der Waals surface area contributed by atoms with Gasteiger partial charge < -0.3 is 24.8 Å². The van der Waals surface area contributed by atoms with Crippen LogP contribution in [0, 0.1) is 0 Å². The standard InChI is InChI=1S/C17H17BrN2O4S/c1-22-14-8-12(16(21)24-3)13(9-15(14)23-2)20-17(25)19-11-6-4-10(18)5-7-11/h4-9H,1-3H3,(H2,19,20,25). The van der Waals surface area contributed by atoms with Crippen molar-refractivity contribution in [2.45, 2.75) is 0 Å². The largest absolute Gasteiger partial charge is 0.493 e. The van der Waals surface area contributed by atoms with Crippen molar-refractivity contribution in [2.24, 2.45) is 0 Å². The van der Waals surface area contributed by atoms with E-state index in [4.69, 9.17) is 26.4 Å². The van der Waals surface area contributed by atoms with E-state index in [-0.39, 0.29) is 5.56 Å². The van der Waals surface area contributed by atoms with Gasteiger partial charge in [0, 0.05) is 22.3 Å². The summed E-state index contributed by atoms with van der Waals surface area (Å²) in [6.07, 6.45) is 0. The topological polar surface area (TPSA) is 68.8 Å². The van der Waals surface area contributed by atoms with Crippen molar-refractivity contribution in [1.29, 1.82) is 0 Å². The Bertz CT molecular complexity index is 781. The summed E-state index contributed by atoms with van der Waals surface area (Å²) in [6.45, 7) is 0. The second-order valence-electron chi connectivity index (χ2n) is 4.83. The molecule has 0 unspecified atom stereocenters. The Labute approximate surface area is 159 Å². The van der Waals surface area contributed by atoms with Crippen LogP contribution in [0.2, 0.25) is 0 Å². The first-order valence-electron chi connectivity index (χ1n) is 7.16. The summed E-state index contributed by atoms with van der Waals surface area (Å²) in [7, 11) is 4.31. The van der Waals surface area contributed by atoms with Crippen LogP contribution in [0.3, 0.4) is 0 Å². The fourth-order valence-electron chi connectivity index (χ4n) is 2.08. The summed E-state index contributed by atoms with van der Waals surface area (Å²) in [5, 5.41) is 6.35. The summed E-state index contributed by atoms with van der Waals surface area (Å²) in [4.78, 5) is 12.1. The van der Waals surface area contributed by atoms with Crippen molar-refractivity contribution >= 4 is 50.6 Å². The van der Waals surface area contributed by atoms with E-state index >= 15 is 0 Å². The van der Waals surface area contributed by atoms with Crippen molar-refractivity contribution < 1.29 is 19.0 Å². The van der Waals surface area contributed by atoms with Crippen LogP contribution in [0.1, 0.15) is 10.4 Å². The van der Waals surface area contributed by atoms with Crippen LogP contribution < -0.4 is 20.1 Å². The fraction of sp³-hybridized carbons (Fsp3) is 0.176. The first-order valence-corrected chi connectivity index (χ1v) is 8.36. The second kappa shape index (κ2) is 8.68. The normalized spacial score (nSPS) is 9.92. The lowest BCUT2D eigenvalue weighted by Gasteiger charge is -2.16. The van der Waals surface area contributed by atoms with Crippen molar-refractivity contribution in [3.8, 4) is 11.5 Å². The highest BCUT2D eigenvalue weighted by Gasteiger charge is 2.18. The number of halogens is 1. The molecule has 2 aromatic rings. The Hall–Kier alpha value is -2.32. The van der Waals surface area contributed by atoms with E-state index in [1.807, 2.05) is 24.3 Å². The van der Waals surface area contributed by atoms with Gasteiger partial charge in [-0.2, -0.15) is 0 Å². The highest BCUT2D eigenvalue weighted by Crippen LogP contribution is 2.33. The van der Waals surface area contributed by atoms with E-state index in [1.54, 1.807) is 6.07 Å². The molecule has 2 aromatic carbocycles. The summed E-state index contributed by atoms with van der Waals surface area (Å²) >= 11 is 8.69. The number of carbonyl (C=O) groups excluding carboxylic acids is 1. The molecule has 0 aliphatic heterocycles. The van der Waals surface area contributed by atoms with Crippen molar-refractivity contribution in [3.63, 3.8) is 0 Å². The van der Waals surface area contributed by atoms with Gasteiger partial charge in [-0.25, -0.2) is 4.79 Å². The number of methoxy groups -OCH3 is 3. The number of ether oxygens (including phenoxy) is 3. The Morgan fingerprint density at radius 2 is 1.60 bits per heavy atom. The predicted molar refractivity (Wildman–Crippen MR) is 105 cm³/mol. The molecule has 0 fully saturated rings. The summed E-state index contributed by atoms with van der Waals surface area (Å²) < 4.78 is 16.3. The second-order valence-corrected chi connectivity index (χ2v) is 6.15. The van der Waals surface area contributed by atoms with E-state index in [0.717, 1.165) is 10.2 Å². The molecule has 0 aliphatic rings. The number of hydrogen-bond acceptors (Lipinski definition) is 5. The molecule has 0 spiro atoms. The molecular formula is C17H17BrN2O4S. The molecule has 6 nitrogen and oxygen atoms in total. The molecule has 0 aromatic heterocycles. The van der Waals surface area contributed by atoms with Crippen LogP contribution in [0.4, 0.5) is 11.4 Å². The molecule has 0 atom stereocenters. The maximum atomic E-state index is 12.1. The van der Waals surface area contributed by atoms with Gasteiger partial charge in [0.25, 0.3) is 0 Å². The van der Waals surface area contributed by atoms with Gasteiger partial charge in [0.1, 0.15) is 0 Å². The first-order chi connectivity index (χ1) is 12.0. The molecule has 0 radical (unpaired) electrons. The summed E-state index contributed by atoms with van der Waals surface area (Å²) in [5.41, 5.74) is 1.53. The third-order valence-electron chi connectivity index (χ3n) is 3.28. The molecule has 25 heavy (non-hydrogen) atoms. The van der Waals surface area contributed by atoms with Gasteiger partial charge >= 0.3 is 5.97 Å². The fourth-order valence-corrected chi connectivity index (χ4v) is 2.57. The number of rotatable bonds is 5. The van der Waals surface area contributed by atoms with Gasteiger partial charge in [-0.05, 0) is 36.5 Å². The number of carbonyl (C=O) groups is 1. The van der Waals surface area contributed by atoms with Gasteiger partial charge in [-0.15, -0.1) is 0 Å². The highest BCUT2D eigenvalue weighted by molar-refractivity contribution is 9.10. The van der Waals surface area contributed by atoms with Crippen molar-refractivity contribution in [1.82, 2.24) is 0 Å². The molecule has 0 saturated heterocycles. The first kappa shape index (κ1) is 19.0. The summed E-state index contributed by atoms with van der Waals surface area (Å²) in [6, 6.07) is 10.7. The number of thiocarbonyl (C=S) groups is 1. The minimum absolute atomic E-state index is 0.278. The van der Waals surface area contributed by atoms with Gasteiger partial charge in [0.05, 0.1) is 32.6 Å². The van der Waals surface area contributed by atoms with E-state index in [0.29, 0.717) is 22.3 Å². The lowest BCUT2D eigenvalue weighted by molar-refractivity contribution is 0.0601. The molecule has 8 heteroatoms. The van der Waals surface area contributed by atoms with Crippen LogP contribution in [0.15, 0.2) is 40.9 Å². The van der Waals surface area contributed by atoms with Crippen LogP contribution in [0.5, 0.6) is 11.5 Å². The van der Waals surface area contributed by atoms with Gasteiger partial charge in [-0.3, -0.25) is 0 Å². The lowest BCUT2D eigenvalue weighted by Crippen LogP contribution is -2.21. The predicted octanol–water partition coefficient (Wildman–Crippen LogP) is 4.06. The Morgan fingerprint density at radius 3 is 2.16 bits per heavy atom. The van der Waals surface area contributed by atoms with Gasteiger partial charge in [0.15, 0.2) is 16.6 Å². The zero-order chi connectivity index (χ0) is 18.4. The van der Waals surface area contributed by atoms with Crippen molar-refractivity contribution in [3.05, 3.63) is 46.4 Å². The van der Waals surface area contributed by atoms with Crippen molar-refractivity contribution in [2.75, 3.05) is 32.0 Å². The van der Waals surface area contributed by atoms with E-state index < -0.39 is 5.97 Å². The number of nitrogens with one attached hydrogen (secondary N) is 2. The molecule has 132 valence electrons. The Morgan fingerprint density at radius 1 is 1.00 bits per heavy atom. The van der Waals surface area contributed by atoms with Crippen LogP contribution >= 0.6 is 28.1 Å². The van der Waals surface area contributed by atoms with Crippen LogP contribution in [0.25, 0.3) is 0 Å². The molecule has 0 saturated carbocycles. The zero-order valence-corrected chi connectivity index (χ0v) is 16.3. The number of hydrogen-bond donors (Lipinski definition) is 2. The molecule has 2 N–H and O–H groups in total. The number of anilines is 2. The van der Waals surface area contributed by atoms with Gasteiger partial charge in [0.2, 0.25) is 0 Å². The minimum atomic E-state index is -0.519. The molecule has 0 amide bonds. The molecular weight excluding hydrogens is 408 g/mol. The average molecular weight is 425 g/mol. The maximum absolute atomic E-state index is 12.1. The molecule has 0 heterocycles. The average Bonchev–Trinajstić information content (AvgIpc) is 2.62. The Balaban J connectivity index is 2.28. The minimum Gasteiger partial charge on any atom is -0.493 e. The monoisotopic (exact) mass is 424 g/mol. The van der Waals surface area contributed by atoms with E-state index in [1.165, 1.54) is 27.4 Å². The summed E-state index contributed by atoms with van der Waals surface area (Å²) in [5.74, 6) is 0.360. The molecule has 0 bridgehead atoms. The number of esters is 1. The van der Waals surface area contributed by atoms with Gasteiger partial charge in [-0.1, -0.05) is 15.9 Å². The molecule has 0 aliphatic carbocycles. The Kier molecular flexibility index (Phi) is 6.60. The van der Waals surface area contributed by atoms with Crippen LogP contribution in [-0.2, 0) is 4.74 Å². The maximum Gasteiger partial charge on any atom is 0.340 e. The highest BCUT2D eigenvalue weighted by atomic mass is 79.9. The van der Waals surface area contributed by atoms with E-state index in [9.17, 15) is 4.79 Å². The smallest absolute Gasteiger partial charge is 0.340 e. The van der Waals surface area contributed by atoms with E-state index in [2.05, 4.69) is 26.6 Å². The SMILES string of the molecule is COC(=O)c1cc(OC)c(OC)cc1NC(=S)Nc1ccc(Br)cc1. The quantitative estimate of drug-likeness (QED) is 0.553. The molecule has 2 rings (SSSR count). The van der Waals surface area contributed by atoms with Crippen LogP contribution in [-0.4, -0.2) is 32.4 Å². The third kappa shape index (κ3) is 4.83. The number of benzene rings is 2. The third-order valence-corrected chi connectivity index (χ3v) is 4.01. The zero-order valence-electron chi connectivity index (χ0n) is 13.9. The lowest BCUT2D eigenvalue weighted by atomic mass is 10.1.